The molecule has 7 heteroatoms. The van der Waals surface area contributed by atoms with Crippen molar-refractivity contribution in [3.63, 3.8) is 0 Å². The molecule has 0 saturated heterocycles. The molecule has 0 rings (SSSR count). The van der Waals surface area contributed by atoms with Crippen LogP contribution in [0.15, 0.2) is 12.7 Å². The normalized spacial score (nSPS) is 15.5. The first kappa shape index (κ1) is 14.3. The number of nitrogens with two attached hydrogens (primary N) is 1. The van der Waals surface area contributed by atoms with Crippen LogP contribution in [-0.4, -0.2) is 18.4 Å². The zero-order valence-corrected chi connectivity index (χ0v) is 7.70. The lowest BCUT2D eigenvalue weighted by Crippen LogP contribution is -2.48. The van der Waals surface area contributed by atoms with Crippen LogP contribution >= 0.6 is 0 Å². The predicted octanol–water partition coefficient (Wildman–Crippen LogP) is 3.02. The van der Waals surface area contributed by atoms with E-state index in [2.05, 4.69) is 6.58 Å². The lowest BCUT2D eigenvalue weighted by Gasteiger charge is -2.27. The molecule has 0 aromatic carbocycles. The molecule has 0 aliphatic carbocycles. The summed E-state index contributed by atoms with van der Waals surface area (Å²) in [6.07, 6.45) is -9.88. The average molecular weight is 235 g/mol. The number of allylic oxidation sites excluding steroid dienone is 1. The van der Waals surface area contributed by atoms with Crippen molar-refractivity contribution in [2.75, 3.05) is 0 Å². The van der Waals surface area contributed by atoms with E-state index in [0.717, 1.165) is 0 Å². The second-order valence-electron chi connectivity index (χ2n) is 3.09. The van der Waals surface area contributed by atoms with E-state index in [1.807, 2.05) is 0 Å². The average Bonchev–Trinajstić information content (AvgIpc) is 1.94. The molecule has 0 aliphatic heterocycles. The van der Waals surface area contributed by atoms with Gasteiger partial charge in [0.15, 0.2) is 5.92 Å². The second-order valence-corrected chi connectivity index (χ2v) is 3.09. The lowest BCUT2D eigenvalue weighted by molar-refractivity contribution is -0.289. The summed E-state index contributed by atoms with van der Waals surface area (Å²) in [5, 5.41) is 0. The van der Waals surface area contributed by atoms with Crippen LogP contribution in [0.2, 0.25) is 0 Å². The van der Waals surface area contributed by atoms with Gasteiger partial charge in [0, 0.05) is 6.04 Å². The van der Waals surface area contributed by atoms with Gasteiger partial charge in [-0.05, 0) is 12.8 Å². The molecule has 2 N–H and O–H groups in total. The standard InChI is InChI=1S/C8H11F6N/c1-2-3-4-5(15)6(7(9,10)11)8(12,13)14/h2,5-6H,1,3-4,15H2. The van der Waals surface area contributed by atoms with Gasteiger partial charge in [0.05, 0.1) is 0 Å². The van der Waals surface area contributed by atoms with E-state index < -0.39 is 30.7 Å². The third-order valence-corrected chi connectivity index (χ3v) is 1.84. The van der Waals surface area contributed by atoms with Crippen molar-refractivity contribution >= 4 is 0 Å². The van der Waals surface area contributed by atoms with E-state index in [9.17, 15) is 26.3 Å². The third kappa shape index (κ3) is 4.55. The van der Waals surface area contributed by atoms with Crippen LogP contribution < -0.4 is 5.73 Å². The van der Waals surface area contributed by atoms with Crippen molar-refractivity contribution in [2.24, 2.45) is 11.7 Å². The molecule has 0 heterocycles. The topological polar surface area (TPSA) is 26.0 Å². The second kappa shape index (κ2) is 4.87. The third-order valence-electron chi connectivity index (χ3n) is 1.84. The molecule has 0 aromatic heterocycles. The molecule has 0 saturated carbocycles. The van der Waals surface area contributed by atoms with E-state index in [4.69, 9.17) is 5.73 Å². The van der Waals surface area contributed by atoms with Gasteiger partial charge >= 0.3 is 12.4 Å². The quantitative estimate of drug-likeness (QED) is 0.588. The summed E-state index contributed by atoms with van der Waals surface area (Å²) in [6.45, 7) is 3.20. The Bertz CT molecular complexity index is 192. The molecule has 90 valence electrons. The van der Waals surface area contributed by atoms with Crippen LogP contribution in [0, 0.1) is 5.92 Å². The summed E-state index contributed by atoms with van der Waals surface area (Å²) < 4.78 is 72.4. The largest absolute Gasteiger partial charge is 0.401 e. The van der Waals surface area contributed by atoms with Crippen LogP contribution in [-0.2, 0) is 0 Å². The Morgan fingerprint density at radius 3 is 1.73 bits per heavy atom. The fourth-order valence-electron chi connectivity index (χ4n) is 1.15. The first-order chi connectivity index (χ1) is 6.60. The van der Waals surface area contributed by atoms with Gasteiger partial charge in [-0.25, -0.2) is 0 Å². The van der Waals surface area contributed by atoms with Gasteiger partial charge in [-0.2, -0.15) is 26.3 Å². The van der Waals surface area contributed by atoms with Crippen LogP contribution in [0.5, 0.6) is 0 Å². The van der Waals surface area contributed by atoms with E-state index in [1.54, 1.807) is 0 Å². The molecular weight excluding hydrogens is 224 g/mol. The van der Waals surface area contributed by atoms with E-state index in [0.29, 0.717) is 0 Å². The number of hydrogen-bond acceptors (Lipinski definition) is 1. The lowest BCUT2D eigenvalue weighted by atomic mass is 9.95. The van der Waals surface area contributed by atoms with Crippen molar-refractivity contribution in [1.82, 2.24) is 0 Å². The molecule has 1 atom stereocenters. The van der Waals surface area contributed by atoms with Crippen molar-refractivity contribution in [2.45, 2.75) is 31.2 Å². The highest BCUT2D eigenvalue weighted by molar-refractivity contribution is 4.86. The molecule has 0 radical (unpaired) electrons. The van der Waals surface area contributed by atoms with E-state index >= 15 is 0 Å². The van der Waals surface area contributed by atoms with Crippen LogP contribution in [0.4, 0.5) is 26.3 Å². The Hall–Kier alpha value is -0.720. The smallest absolute Gasteiger partial charge is 0.327 e. The van der Waals surface area contributed by atoms with Gasteiger partial charge in [-0.15, -0.1) is 6.58 Å². The fraction of sp³-hybridized carbons (Fsp3) is 0.750. The molecule has 1 unspecified atom stereocenters. The summed E-state index contributed by atoms with van der Waals surface area (Å²) >= 11 is 0. The van der Waals surface area contributed by atoms with Crippen molar-refractivity contribution in [3.8, 4) is 0 Å². The highest BCUT2D eigenvalue weighted by atomic mass is 19.4. The summed E-state index contributed by atoms with van der Waals surface area (Å²) in [5.74, 6) is -3.47. The molecule has 0 spiro atoms. The van der Waals surface area contributed by atoms with Gasteiger partial charge < -0.3 is 5.73 Å². The predicted molar refractivity (Wildman–Crippen MR) is 43.0 cm³/mol. The SMILES string of the molecule is C=CCCC(N)C(C(F)(F)F)C(F)(F)F. The maximum Gasteiger partial charge on any atom is 0.401 e. The molecule has 15 heavy (non-hydrogen) atoms. The van der Waals surface area contributed by atoms with Crippen LogP contribution in [0.1, 0.15) is 12.8 Å². The summed E-state index contributed by atoms with van der Waals surface area (Å²) in [4.78, 5) is 0. The zero-order valence-electron chi connectivity index (χ0n) is 7.70. The van der Waals surface area contributed by atoms with Crippen molar-refractivity contribution < 1.29 is 26.3 Å². The van der Waals surface area contributed by atoms with Crippen LogP contribution in [0.3, 0.4) is 0 Å². The minimum absolute atomic E-state index is 0.0177. The zero-order chi connectivity index (χ0) is 12.3. The number of alkyl halides is 6. The number of rotatable bonds is 4. The van der Waals surface area contributed by atoms with Gasteiger partial charge in [0.1, 0.15) is 0 Å². The summed E-state index contributed by atoms with van der Waals surface area (Å²) in [7, 11) is 0. The Morgan fingerprint density at radius 2 is 1.47 bits per heavy atom. The van der Waals surface area contributed by atoms with Gasteiger partial charge in [-0.3, -0.25) is 0 Å². The fourth-order valence-corrected chi connectivity index (χ4v) is 1.15. The molecule has 1 nitrogen and oxygen atoms in total. The monoisotopic (exact) mass is 235 g/mol. The Balaban J connectivity index is 4.72. The first-order valence-electron chi connectivity index (χ1n) is 4.10. The van der Waals surface area contributed by atoms with Crippen molar-refractivity contribution in [3.05, 3.63) is 12.7 Å². The number of halogens is 6. The molecule has 0 fully saturated rings. The first-order valence-corrected chi connectivity index (χ1v) is 4.10. The molecule has 0 amide bonds. The number of hydrogen-bond donors (Lipinski definition) is 1. The van der Waals surface area contributed by atoms with Gasteiger partial charge in [-0.1, -0.05) is 6.08 Å². The highest BCUT2D eigenvalue weighted by Gasteiger charge is 2.59. The Morgan fingerprint density at radius 1 is 1.07 bits per heavy atom. The van der Waals surface area contributed by atoms with Gasteiger partial charge in [0.2, 0.25) is 0 Å². The van der Waals surface area contributed by atoms with Crippen molar-refractivity contribution in [1.29, 1.82) is 0 Å². The van der Waals surface area contributed by atoms with E-state index in [1.165, 1.54) is 6.08 Å². The molecule has 0 aromatic rings. The van der Waals surface area contributed by atoms with Crippen LogP contribution in [0.25, 0.3) is 0 Å². The highest BCUT2D eigenvalue weighted by Crippen LogP contribution is 2.41. The maximum atomic E-state index is 12.1. The minimum Gasteiger partial charge on any atom is -0.327 e. The summed E-state index contributed by atoms with van der Waals surface area (Å²) in [5.41, 5.74) is 4.89. The molecule has 0 aliphatic rings. The minimum atomic E-state index is -5.36. The maximum absolute atomic E-state index is 12.1. The molecular formula is C8H11F6N. The van der Waals surface area contributed by atoms with E-state index in [-0.39, 0.29) is 6.42 Å². The Kier molecular flexibility index (Phi) is 4.64. The Labute approximate surface area is 82.9 Å². The molecule has 0 bridgehead atoms. The summed E-state index contributed by atoms with van der Waals surface area (Å²) in [6, 6.07) is -1.98. The van der Waals surface area contributed by atoms with Gasteiger partial charge in [0.25, 0.3) is 0 Å².